The van der Waals surface area contributed by atoms with Crippen molar-refractivity contribution >= 4 is 63.8 Å². The molecule has 5 aromatic rings. The zero-order chi connectivity index (χ0) is 60.8. The van der Waals surface area contributed by atoms with Crippen LogP contribution in [0.15, 0.2) is 77.3 Å². The zero-order valence-corrected chi connectivity index (χ0v) is 49.1. The van der Waals surface area contributed by atoms with Crippen molar-refractivity contribution < 1.29 is 51.4 Å². The number of likely N-dealkylation sites (N-methyl/N-ethyl adjacent to an activating group) is 1. The average Bonchev–Trinajstić information content (AvgIpc) is 2.59. The molecular formula is C60H73F4N11O8S. The number of nitrogens with one attached hydrogen (secondary N) is 4. The lowest BCUT2D eigenvalue weighted by Gasteiger charge is -2.44. The number of alkyl halides is 3. The first-order valence-electron chi connectivity index (χ1n) is 28.2. The predicted molar refractivity (Wildman–Crippen MR) is 312 cm³/mol. The number of ketones is 1. The summed E-state index contributed by atoms with van der Waals surface area (Å²) in [6, 6.07) is 13.2. The minimum Gasteiger partial charge on any atom is -0.391 e. The number of nitrogens with zero attached hydrogens (tertiary/aromatic N) is 7. The number of amides is 5. The van der Waals surface area contributed by atoms with Crippen molar-refractivity contribution in [2.45, 2.75) is 117 Å². The molecule has 3 saturated heterocycles. The third kappa shape index (κ3) is 15.2. The van der Waals surface area contributed by atoms with Crippen molar-refractivity contribution in [3.63, 3.8) is 0 Å². The molecule has 3 aliphatic rings. The van der Waals surface area contributed by atoms with E-state index in [1.165, 1.54) is 23.2 Å². The number of halogens is 4. The maximum absolute atomic E-state index is 16.2. The number of likely N-dealkylation sites (tertiary alicyclic amines) is 1. The molecule has 3 aliphatic heterocycles. The van der Waals surface area contributed by atoms with Crippen LogP contribution in [0.3, 0.4) is 0 Å². The number of hydrogen-bond donors (Lipinski definition) is 5. The van der Waals surface area contributed by atoms with Crippen LogP contribution >= 0.6 is 11.3 Å². The first kappa shape index (κ1) is 62.5. The summed E-state index contributed by atoms with van der Waals surface area (Å²) < 4.78 is 58.2. The first-order valence-corrected chi connectivity index (χ1v) is 29.1. The van der Waals surface area contributed by atoms with E-state index >= 15 is 4.39 Å². The summed E-state index contributed by atoms with van der Waals surface area (Å²) in [4.78, 5) is 114. The Hall–Kier alpha value is -7.57. The Kier molecular flexibility index (Phi) is 19.8. The van der Waals surface area contributed by atoms with Crippen molar-refractivity contribution in [3.05, 3.63) is 111 Å². The van der Waals surface area contributed by atoms with Crippen molar-refractivity contribution in [2.75, 3.05) is 74.5 Å². The SMILES string of the molecule is Cc1ncsc1-c1ccc(CNC(=O)[C@@H]2C[C@@H](O)CN2C(=O)[C@@H](CC(=O)CCCNC(=O)CCC(=O)N2CCN(c3ccc(-c4cc(NC(=O)c5c[nH]c(=O)cc5C(F)(F)F)c(N5C[C@@H](C)N(C)[C@@H](C)C5)cc4F)cn3)CC2)C(C)(C)C)cc1. The van der Waals surface area contributed by atoms with Gasteiger partial charge in [0.25, 0.3) is 5.91 Å². The zero-order valence-electron chi connectivity index (χ0n) is 48.3. The van der Waals surface area contributed by atoms with E-state index < -0.39 is 58.1 Å². The van der Waals surface area contributed by atoms with Gasteiger partial charge in [0.2, 0.25) is 29.2 Å². The molecular weight excluding hydrogens is 1110 g/mol. The molecule has 450 valence electrons. The minimum atomic E-state index is -5.01. The number of hydrogen-bond acceptors (Lipinski definition) is 14. The lowest BCUT2D eigenvalue weighted by Crippen LogP contribution is -2.55. The summed E-state index contributed by atoms with van der Waals surface area (Å²) >= 11 is 1.55. The summed E-state index contributed by atoms with van der Waals surface area (Å²) in [6.45, 7) is 14.3. The van der Waals surface area contributed by atoms with E-state index in [1.807, 2.05) is 82.7 Å². The van der Waals surface area contributed by atoms with Crippen molar-refractivity contribution in [1.29, 1.82) is 0 Å². The number of carbonyl (C=O) groups excluding carboxylic acids is 6. The molecule has 8 rings (SSSR count). The fourth-order valence-electron chi connectivity index (χ4n) is 11.0. The number of carbonyl (C=O) groups is 6. The van der Waals surface area contributed by atoms with E-state index in [4.69, 9.17) is 0 Å². The molecule has 24 heteroatoms. The van der Waals surface area contributed by atoms with E-state index in [0.29, 0.717) is 69.3 Å². The van der Waals surface area contributed by atoms with Crippen LogP contribution in [-0.2, 0) is 36.7 Å². The number of pyridine rings is 2. The highest BCUT2D eigenvalue weighted by molar-refractivity contribution is 7.13. The van der Waals surface area contributed by atoms with Gasteiger partial charge in [-0.2, -0.15) is 13.2 Å². The number of aryl methyl sites for hydroxylation is 1. The summed E-state index contributed by atoms with van der Waals surface area (Å²) in [5, 5.41) is 18.9. The fraction of sp³-hybridized carbons (Fsp3) is 0.483. The third-order valence-corrected chi connectivity index (χ3v) is 17.1. The quantitative estimate of drug-likeness (QED) is 0.0413. The number of aliphatic hydroxyl groups is 1. The number of anilines is 3. The number of aliphatic hydroxyl groups excluding tert-OH is 1. The molecule has 2 aromatic carbocycles. The topological polar surface area (TPSA) is 234 Å². The van der Waals surface area contributed by atoms with Gasteiger partial charge in [-0.25, -0.2) is 14.4 Å². The molecule has 6 heterocycles. The number of aromatic nitrogens is 3. The number of aromatic amines is 1. The van der Waals surface area contributed by atoms with Gasteiger partial charge in [-0.15, -0.1) is 11.3 Å². The number of rotatable bonds is 19. The van der Waals surface area contributed by atoms with Crippen LogP contribution in [0.5, 0.6) is 0 Å². The number of β-amino-alcohol motifs (C(OH)–C–C–N with tert-alkyl or cyclic N) is 1. The van der Waals surface area contributed by atoms with Crippen molar-refractivity contribution in [1.82, 2.24) is 40.3 Å². The first-order chi connectivity index (χ1) is 39.7. The molecule has 3 fully saturated rings. The summed E-state index contributed by atoms with van der Waals surface area (Å²) in [5.74, 6) is -3.54. The molecule has 0 aliphatic carbocycles. The van der Waals surface area contributed by atoms with Crippen LogP contribution in [-0.4, -0.2) is 154 Å². The molecule has 0 bridgehead atoms. The highest BCUT2D eigenvalue weighted by Crippen LogP contribution is 2.39. The van der Waals surface area contributed by atoms with Gasteiger partial charge in [0, 0.05) is 139 Å². The minimum absolute atomic E-state index is 0.0170. The number of thiazole rings is 1. The molecule has 0 spiro atoms. The van der Waals surface area contributed by atoms with Crippen LogP contribution in [0.1, 0.15) is 100 Å². The van der Waals surface area contributed by atoms with E-state index in [1.54, 1.807) is 33.9 Å². The van der Waals surface area contributed by atoms with Gasteiger partial charge in [-0.3, -0.25) is 38.5 Å². The number of Topliss-reactive ketones (excluding diaryl/α,β-unsaturated/α-hetero) is 1. The van der Waals surface area contributed by atoms with Gasteiger partial charge in [0.1, 0.15) is 23.5 Å². The second kappa shape index (κ2) is 26.6. The second-order valence-corrected chi connectivity index (χ2v) is 24.0. The molecule has 5 atom stereocenters. The predicted octanol–water partition coefficient (Wildman–Crippen LogP) is 7.03. The maximum Gasteiger partial charge on any atom is 0.417 e. The van der Waals surface area contributed by atoms with E-state index in [9.17, 15) is 51.8 Å². The monoisotopic (exact) mass is 1180 g/mol. The van der Waals surface area contributed by atoms with E-state index in [0.717, 1.165) is 21.7 Å². The van der Waals surface area contributed by atoms with Crippen LogP contribution in [0.25, 0.3) is 21.6 Å². The molecule has 0 saturated carbocycles. The lowest BCUT2D eigenvalue weighted by molar-refractivity contribution is -0.146. The second-order valence-electron chi connectivity index (χ2n) is 23.2. The van der Waals surface area contributed by atoms with Gasteiger partial charge in [0.15, 0.2) is 0 Å². The standard InChI is InChI=1S/C60H73F4N11O8S/c1-35-31-74(32-36(2)71(35)7)49-27-47(61)43(25-48(49)70-56(81)44-30-67-53(79)26-45(44)60(62,63)64)40-14-15-51(66-29-40)72-19-21-73(22-20-72)54(80)17-16-52(78)65-18-8-9-41(76)23-46(59(4,5)6)58(83)75-33-42(77)24-50(75)57(82)68-28-38-10-12-39(13-11-38)55-37(3)69-34-84-55/h10-15,25-27,29-30,34-36,42,46,50,77H,8-9,16-24,28,31-33H2,1-7H3,(H,65,78)(H,67,79)(H,68,82)(H,70,81)/t35-,36+,42-,46-,50+/m1/s1. The summed E-state index contributed by atoms with van der Waals surface area (Å²) in [7, 11) is 1.96. The van der Waals surface area contributed by atoms with Crippen LogP contribution in [0, 0.1) is 24.1 Å². The maximum atomic E-state index is 16.2. The van der Waals surface area contributed by atoms with Crippen molar-refractivity contribution in [3.8, 4) is 21.6 Å². The third-order valence-electron chi connectivity index (χ3n) is 16.1. The van der Waals surface area contributed by atoms with Gasteiger partial charge in [-0.1, -0.05) is 45.0 Å². The molecule has 19 nitrogen and oxygen atoms in total. The lowest BCUT2D eigenvalue weighted by atomic mass is 9.76. The fourth-order valence-corrected chi connectivity index (χ4v) is 11.8. The number of H-pyrrole nitrogens is 1. The molecule has 0 radical (unpaired) electrons. The Morgan fingerprint density at radius 1 is 0.857 bits per heavy atom. The normalized spacial score (nSPS) is 19.0. The van der Waals surface area contributed by atoms with E-state index in [2.05, 4.69) is 35.8 Å². The molecule has 0 unspecified atom stereocenters. The van der Waals surface area contributed by atoms with Gasteiger partial charge >= 0.3 is 6.18 Å². The van der Waals surface area contributed by atoms with Gasteiger partial charge in [-0.05, 0) is 75.0 Å². The Bertz CT molecular complexity index is 3260. The van der Waals surface area contributed by atoms with E-state index in [-0.39, 0.29) is 110 Å². The molecule has 84 heavy (non-hydrogen) atoms. The Morgan fingerprint density at radius 3 is 2.18 bits per heavy atom. The molecule has 5 N–H and O–H groups in total. The van der Waals surface area contributed by atoms with Gasteiger partial charge in [0.05, 0.1) is 44.7 Å². The summed E-state index contributed by atoms with van der Waals surface area (Å²) in [6.07, 6.45) is -3.46. The number of benzene rings is 2. The Balaban J connectivity index is 0.786. The van der Waals surface area contributed by atoms with Crippen LogP contribution in [0.4, 0.5) is 34.8 Å². The van der Waals surface area contributed by atoms with Crippen LogP contribution in [0.2, 0.25) is 0 Å². The highest BCUT2D eigenvalue weighted by atomic mass is 32.1. The number of piperazine rings is 2. The largest absolute Gasteiger partial charge is 0.417 e. The van der Waals surface area contributed by atoms with Crippen molar-refractivity contribution in [2.24, 2.45) is 11.3 Å². The van der Waals surface area contributed by atoms with Gasteiger partial charge < -0.3 is 45.6 Å². The molecule has 5 amide bonds. The van der Waals surface area contributed by atoms with Crippen LogP contribution < -0.4 is 31.3 Å². The Labute approximate surface area is 489 Å². The Morgan fingerprint density at radius 2 is 1.55 bits per heavy atom. The molecule has 3 aromatic heterocycles. The summed E-state index contributed by atoms with van der Waals surface area (Å²) in [5.41, 5.74) is 1.40. The average molecular weight is 1180 g/mol. The highest BCUT2D eigenvalue weighted by Gasteiger charge is 2.45. The smallest absolute Gasteiger partial charge is 0.391 e.